The highest BCUT2D eigenvalue weighted by Crippen LogP contribution is 2.38. The summed E-state index contributed by atoms with van der Waals surface area (Å²) in [5, 5.41) is 17.7. The van der Waals surface area contributed by atoms with Gasteiger partial charge in [-0.15, -0.1) is 0 Å². The first kappa shape index (κ1) is 22.4. The molecule has 4 aromatic rings. The number of carboxylic acid groups (broad SMARTS) is 1. The fourth-order valence-electron chi connectivity index (χ4n) is 3.83. The summed E-state index contributed by atoms with van der Waals surface area (Å²) in [5.74, 6) is -0.164. The fourth-order valence-corrected chi connectivity index (χ4v) is 5.34. The number of hydrogen-bond acceptors (Lipinski definition) is 6. The van der Waals surface area contributed by atoms with Gasteiger partial charge in [-0.1, -0.05) is 42.1 Å². The van der Waals surface area contributed by atoms with Crippen molar-refractivity contribution in [2.75, 3.05) is 12.4 Å². The predicted molar refractivity (Wildman–Crippen MR) is 138 cm³/mol. The Morgan fingerprint density at radius 3 is 2.53 bits per heavy atom. The Bertz CT molecular complexity index is 1450. The van der Waals surface area contributed by atoms with Crippen molar-refractivity contribution in [3.8, 4) is 0 Å². The second kappa shape index (κ2) is 9.44. The van der Waals surface area contributed by atoms with E-state index in [1.807, 2.05) is 37.6 Å². The molecule has 0 aliphatic carbocycles. The molecule has 0 spiro atoms. The zero-order valence-electron chi connectivity index (χ0n) is 18.2. The fraction of sp³-hybridized carbons (Fsp3) is 0.120. The number of allylic oxidation sites excluding steroid dienone is 1. The van der Waals surface area contributed by atoms with Gasteiger partial charge in [0.1, 0.15) is 10.8 Å². The maximum absolute atomic E-state index is 11.2. The van der Waals surface area contributed by atoms with Crippen LogP contribution < -0.4 is 5.32 Å². The Morgan fingerprint density at radius 2 is 1.88 bits per heavy atom. The summed E-state index contributed by atoms with van der Waals surface area (Å²) in [4.78, 5) is 21.7. The van der Waals surface area contributed by atoms with Crippen molar-refractivity contribution < 1.29 is 9.90 Å². The number of aromatic nitrogens is 3. The molecule has 1 aliphatic rings. The van der Waals surface area contributed by atoms with Gasteiger partial charge in [0.15, 0.2) is 5.65 Å². The number of fused-ring (bicyclic) bond motifs is 1. The minimum atomic E-state index is -0.947. The first-order chi connectivity index (χ1) is 16.5. The zero-order chi connectivity index (χ0) is 23.7. The summed E-state index contributed by atoms with van der Waals surface area (Å²) in [5.41, 5.74) is 5.25. The molecule has 9 heteroatoms. The first-order valence-electron chi connectivity index (χ1n) is 10.6. The molecule has 34 heavy (non-hydrogen) atoms. The highest BCUT2D eigenvalue weighted by atomic mass is 79.9. The van der Waals surface area contributed by atoms with Gasteiger partial charge in [0.05, 0.1) is 16.2 Å². The van der Waals surface area contributed by atoms with E-state index in [-0.39, 0.29) is 5.56 Å². The number of carboxylic acids is 1. The molecule has 2 N–H and O–H groups in total. The molecule has 0 unspecified atom stereocenters. The van der Waals surface area contributed by atoms with E-state index in [4.69, 9.17) is 15.1 Å². The van der Waals surface area contributed by atoms with Gasteiger partial charge >= 0.3 is 5.97 Å². The molecule has 0 radical (unpaired) electrons. The van der Waals surface area contributed by atoms with Crippen LogP contribution in [0.25, 0.3) is 11.2 Å². The molecule has 2 aromatic carbocycles. The van der Waals surface area contributed by atoms with Gasteiger partial charge in [-0.2, -0.15) is 9.61 Å². The molecule has 3 heterocycles. The van der Waals surface area contributed by atoms with Crippen LogP contribution in [0.5, 0.6) is 0 Å². The molecule has 0 saturated carbocycles. The number of hydrogen-bond donors (Lipinski definition) is 2. The lowest BCUT2D eigenvalue weighted by Gasteiger charge is -2.14. The molecular formula is C25H20BrN5O2S. The molecule has 0 saturated heterocycles. The summed E-state index contributed by atoms with van der Waals surface area (Å²) in [6, 6.07) is 17.0. The summed E-state index contributed by atoms with van der Waals surface area (Å²) >= 11 is 5.12. The maximum Gasteiger partial charge on any atom is 0.335 e. The Labute approximate surface area is 208 Å². The Hall–Kier alpha value is -3.43. The van der Waals surface area contributed by atoms with Crippen LogP contribution >= 0.6 is 27.7 Å². The van der Waals surface area contributed by atoms with E-state index in [1.54, 1.807) is 28.8 Å². The minimum Gasteiger partial charge on any atom is -0.478 e. The number of anilines is 1. The number of nitrogens with zero attached hydrogens (tertiary/aromatic N) is 4. The standard InChI is InChI=1S/C25H20BrN5O2S/c1-27-23-21(26)24(34-18-10-7-16(8-11-18)25(32)33)30-22-19(14-29-31(22)23)17-9-12-20(28-13-17)15-5-3-2-4-6-15/h2-8,10-11,13-14,27H,9,12H2,1H3,(H,32,33). The minimum absolute atomic E-state index is 0.250. The number of halogens is 1. The van der Waals surface area contributed by atoms with Crippen LogP contribution in [-0.4, -0.2) is 38.4 Å². The Balaban J connectivity index is 1.53. The number of aliphatic imine (C=N–C) groups is 1. The summed E-state index contributed by atoms with van der Waals surface area (Å²) in [6.07, 6.45) is 5.45. The second-order valence-corrected chi connectivity index (χ2v) is 9.51. The maximum atomic E-state index is 11.2. The molecule has 0 amide bonds. The lowest BCUT2D eigenvalue weighted by atomic mass is 9.97. The van der Waals surface area contributed by atoms with Gasteiger partial charge in [0, 0.05) is 29.4 Å². The van der Waals surface area contributed by atoms with Crippen molar-refractivity contribution in [2.45, 2.75) is 22.8 Å². The number of nitrogens with one attached hydrogen (secondary N) is 1. The number of benzene rings is 2. The van der Waals surface area contributed by atoms with Crippen molar-refractivity contribution in [3.05, 3.63) is 88.2 Å². The Morgan fingerprint density at radius 1 is 1.12 bits per heavy atom. The lowest BCUT2D eigenvalue weighted by molar-refractivity contribution is 0.0697. The quantitative estimate of drug-likeness (QED) is 0.295. The number of aromatic carboxylic acids is 1. The zero-order valence-corrected chi connectivity index (χ0v) is 20.6. The van der Waals surface area contributed by atoms with Gasteiger partial charge in [0.2, 0.25) is 0 Å². The largest absolute Gasteiger partial charge is 0.478 e. The average Bonchev–Trinajstić information content (AvgIpc) is 3.29. The SMILES string of the molecule is CNc1c(Br)c(Sc2ccc(C(=O)O)cc2)nc2c(C3=CN=C(c4ccccc4)CC3)cnn12. The molecule has 7 nitrogen and oxygen atoms in total. The molecular weight excluding hydrogens is 514 g/mol. The van der Waals surface area contributed by atoms with E-state index in [1.165, 1.54) is 11.8 Å². The predicted octanol–water partition coefficient (Wildman–Crippen LogP) is 6.01. The van der Waals surface area contributed by atoms with Gasteiger partial charge in [-0.25, -0.2) is 9.78 Å². The van der Waals surface area contributed by atoms with Gasteiger partial charge in [-0.05, 0) is 64.2 Å². The van der Waals surface area contributed by atoms with Crippen LogP contribution in [0.1, 0.15) is 34.3 Å². The van der Waals surface area contributed by atoms with E-state index in [0.29, 0.717) is 0 Å². The van der Waals surface area contributed by atoms with Gasteiger partial charge in [0.25, 0.3) is 0 Å². The van der Waals surface area contributed by atoms with Crippen LogP contribution in [0.3, 0.4) is 0 Å². The van der Waals surface area contributed by atoms with Crippen LogP contribution in [-0.2, 0) is 0 Å². The smallest absolute Gasteiger partial charge is 0.335 e. The van der Waals surface area contributed by atoms with E-state index in [0.717, 1.165) is 61.1 Å². The summed E-state index contributed by atoms with van der Waals surface area (Å²) in [6.45, 7) is 0. The summed E-state index contributed by atoms with van der Waals surface area (Å²) in [7, 11) is 1.84. The molecule has 0 fully saturated rings. The van der Waals surface area contributed by atoms with E-state index in [9.17, 15) is 4.79 Å². The van der Waals surface area contributed by atoms with Crippen molar-refractivity contribution >= 4 is 56.4 Å². The Kier molecular flexibility index (Phi) is 6.21. The number of carbonyl (C=O) groups is 1. The number of rotatable bonds is 6. The van der Waals surface area contributed by atoms with Gasteiger partial charge in [-0.3, -0.25) is 4.99 Å². The first-order valence-corrected chi connectivity index (χ1v) is 12.2. The van der Waals surface area contributed by atoms with Gasteiger partial charge < -0.3 is 10.4 Å². The van der Waals surface area contributed by atoms with E-state index < -0.39 is 5.97 Å². The van der Waals surface area contributed by atoms with E-state index >= 15 is 0 Å². The second-order valence-electron chi connectivity index (χ2n) is 7.65. The monoisotopic (exact) mass is 533 g/mol. The normalized spacial score (nSPS) is 13.5. The van der Waals surface area contributed by atoms with Crippen molar-refractivity contribution in [1.82, 2.24) is 14.6 Å². The molecule has 1 aliphatic heterocycles. The van der Waals surface area contributed by atoms with Crippen molar-refractivity contribution in [3.63, 3.8) is 0 Å². The van der Waals surface area contributed by atoms with Crippen LogP contribution in [0.4, 0.5) is 5.82 Å². The third-order valence-electron chi connectivity index (χ3n) is 5.57. The highest BCUT2D eigenvalue weighted by molar-refractivity contribution is 9.10. The molecule has 0 atom stereocenters. The van der Waals surface area contributed by atoms with Crippen molar-refractivity contribution in [1.29, 1.82) is 0 Å². The molecule has 170 valence electrons. The topological polar surface area (TPSA) is 91.9 Å². The molecule has 5 rings (SSSR count). The van der Waals surface area contributed by atoms with Crippen molar-refractivity contribution in [2.24, 2.45) is 4.99 Å². The van der Waals surface area contributed by atoms with E-state index in [2.05, 4.69) is 38.5 Å². The third-order valence-corrected chi connectivity index (χ3v) is 7.58. The van der Waals surface area contributed by atoms with Crippen LogP contribution in [0.15, 0.2) is 86.4 Å². The molecule has 2 aromatic heterocycles. The lowest BCUT2D eigenvalue weighted by Crippen LogP contribution is -2.06. The highest BCUT2D eigenvalue weighted by Gasteiger charge is 2.21. The van der Waals surface area contributed by atoms with Crippen LogP contribution in [0, 0.1) is 0 Å². The molecule has 0 bridgehead atoms. The summed E-state index contributed by atoms with van der Waals surface area (Å²) < 4.78 is 2.57. The average molecular weight is 534 g/mol. The third kappa shape index (κ3) is 4.24. The van der Waals surface area contributed by atoms with Crippen LogP contribution in [0.2, 0.25) is 0 Å².